The highest BCUT2D eigenvalue weighted by atomic mass is 32.1. The summed E-state index contributed by atoms with van der Waals surface area (Å²) in [4.78, 5) is 12.9. The van der Waals surface area contributed by atoms with Gasteiger partial charge < -0.3 is 10.6 Å². The fraction of sp³-hybridized carbons (Fsp3) is 0.545. The van der Waals surface area contributed by atoms with Gasteiger partial charge in [-0.25, -0.2) is 0 Å². The third kappa shape index (κ3) is 4.01. The quantitative estimate of drug-likeness (QED) is 0.774. The van der Waals surface area contributed by atoms with E-state index in [9.17, 15) is 4.79 Å². The Hall–Kier alpha value is -0.870. The molecule has 1 aromatic heterocycles. The highest BCUT2D eigenvalue weighted by molar-refractivity contribution is 7.09. The molecule has 0 aliphatic heterocycles. The van der Waals surface area contributed by atoms with Crippen LogP contribution in [-0.4, -0.2) is 19.5 Å². The average Bonchev–Trinajstić information content (AvgIpc) is 2.75. The van der Waals surface area contributed by atoms with Crippen molar-refractivity contribution in [3.8, 4) is 0 Å². The first kappa shape index (κ1) is 12.2. The van der Waals surface area contributed by atoms with Crippen LogP contribution in [0, 0.1) is 5.92 Å². The van der Waals surface area contributed by atoms with Crippen LogP contribution in [0.5, 0.6) is 0 Å². The molecule has 1 aromatic rings. The number of hydrogen-bond acceptors (Lipinski definition) is 3. The summed E-state index contributed by atoms with van der Waals surface area (Å²) in [5.41, 5.74) is 0. The molecule has 2 N–H and O–H groups in total. The lowest BCUT2D eigenvalue weighted by Crippen LogP contribution is -2.35. The van der Waals surface area contributed by atoms with Crippen molar-refractivity contribution in [1.29, 1.82) is 0 Å². The van der Waals surface area contributed by atoms with Crippen molar-refractivity contribution in [2.24, 2.45) is 5.92 Å². The molecule has 1 rings (SSSR count). The predicted octanol–water partition coefficient (Wildman–Crippen LogP) is 1.61. The maximum Gasteiger partial charge on any atom is 0.224 e. The molecular weight excluding hydrogens is 208 g/mol. The normalized spacial score (nSPS) is 12.4. The summed E-state index contributed by atoms with van der Waals surface area (Å²) < 4.78 is 0. The van der Waals surface area contributed by atoms with E-state index >= 15 is 0 Å². The molecule has 1 unspecified atom stereocenters. The van der Waals surface area contributed by atoms with Gasteiger partial charge in [0, 0.05) is 11.4 Å². The molecule has 0 aromatic carbocycles. The van der Waals surface area contributed by atoms with Crippen molar-refractivity contribution in [2.45, 2.75) is 19.9 Å². The molecule has 0 aliphatic rings. The van der Waals surface area contributed by atoms with Gasteiger partial charge in [-0.05, 0) is 24.9 Å². The largest absolute Gasteiger partial charge is 0.351 e. The van der Waals surface area contributed by atoms with Crippen LogP contribution in [0.25, 0.3) is 0 Å². The van der Waals surface area contributed by atoms with Crippen LogP contribution < -0.4 is 10.6 Å². The highest BCUT2D eigenvalue weighted by Crippen LogP contribution is 2.08. The molecule has 0 fully saturated rings. The minimum atomic E-state index is 0.0787. The molecule has 0 aliphatic carbocycles. The summed E-state index contributed by atoms with van der Waals surface area (Å²) in [6.45, 7) is 3.43. The molecule has 0 bridgehead atoms. The molecule has 15 heavy (non-hydrogen) atoms. The smallest absolute Gasteiger partial charge is 0.224 e. The van der Waals surface area contributed by atoms with Gasteiger partial charge in [-0.15, -0.1) is 11.3 Å². The number of rotatable bonds is 6. The van der Waals surface area contributed by atoms with Crippen LogP contribution in [0.4, 0.5) is 0 Å². The molecule has 0 radical (unpaired) electrons. The Morgan fingerprint density at radius 3 is 2.93 bits per heavy atom. The number of carbonyl (C=O) groups excluding carboxylic acids is 1. The van der Waals surface area contributed by atoms with E-state index < -0.39 is 0 Å². The molecule has 1 amide bonds. The van der Waals surface area contributed by atoms with Crippen LogP contribution in [0.2, 0.25) is 0 Å². The zero-order chi connectivity index (χ0) is 11.1. The minimum Gasteiger partial charge on any atom is -0.351 e. The van der Waals surface area contributed by atoms with Crippen molar-refractivity contribution in [3.05, 3.63) is 22.4 Å². The van der Waals surface area contributed by atoms with Gasteiger partial charge in [0.2, 0.25) is 5.91 Å². The Kier molecular flexibility index (Phi) is 5.36. The van der Waals surface area contributed by atoms with E-state index in [-0.39, 0.29) is 11.8 Å². The Morgan fingerprint density at radius 1 is 1.60 bits per heavy atom. The zero-order valence-corrected chi connectivity index (χ0v) is 10.1. The first-order chi connectivity index (χ1) is 7.27. The average molecular weight is 226 g/mol. The number of hydrogen-bond donors (Lipinski definition) is 2. The SMILES string of the molecule is CCC(CNC)C(=O)NCc1cccs1. The van der Waals surface area contributed by atoms with Crippen molar-refractivity contribution in [3.63, 3.8) is 0 Å². The number of carbonyl (C=O) groups is 1. The highest BCUT2D eigenvalue weighted by Gasteiger charge is 2.14. The molecule has 4 heteroatoms. The van der Waals surface area contributed by atoms with E-state index in [1.807, 2.05) is 31.5 Å². The Balaban J connectivity index is 2.34. The standard InChI is InChI=1S/C11H18N2OS/c1-3-9(7-12-2)11(14)13-8-10-5-4-6-15-10/h4-6,9,12H,3,7-8H2,1-2H3,(H,13,14). The topological polar surface area (TPSA) is 41.1 Å². The van der Waals surface area contributed by atoms with Gasteiger partial charge in [-0.1, -0.05) is 13.0 Å². The lowest BCUT2D eigenvalue weighted by Gasteiger charge is -2.13. The summed E-state index contributed by atoms with van der Waals surface area (Å²) >= 11 is 1.67. The summed E-state index contributed by atoms with van der Waals surface area (Å²) in [6.07, 6.45) is 0.872. The molecule has 0 saturated heterocycles. The Bertz CT molecular complexity index is 285. The van der Waals surface area contributed by atoms with E-state index in [0.717, 1.165) is 13.0 Å². The fourth-order valence-electron chi connectivity index (χ4n) is 1.40. The van der Waals surface area contributed by atoms with Gasteiger partial charge in [0.05, 0.1) is 12.5 Å². The lowest BCUT2D eigenvalue weighted by molar-refractivity contribution is -0.125. The zero-order valence-electron chi connectivity index (χ0n) is 9.25. The van der Waals surface area contributed by atoms with E-state index in [0.29, 0.717) is 6.54 Å². The van der Waals surface area contributed by atoms with Crippen LogP contribution in [0.1, 0.15) is 18.2 Å². The van der Waals surface area contributed by atoms with Crippen LogP contribution in [-0.2, 0) is 11.3 Å². The van der Waals surface area contributed by atoms with E-state index in [1.165, 1.54) is 4.88 Å². The van der Waals surface area contributed by atoms with Crippen LogP contribution >= 0.6 is 11.3 Å². The maximum atomic E-state index is 11.7. The molecule has 0 saturated carbocycles. The van der Waals surface area contributed by atoms with Crippen molar-refractivity contribution in [1.82, 2.24) is 10.6 Å². The van der Waals surface area contributed by atoms with Gasteiger partial charge >= 0.3 is 0 Å². The van der Waals surface area contributed by atoms with Crippen molar-refractivity contribution < 1.29 is 4.79 Å². The van der Waals surface area contributed by atoms with E-state index in [4.69, 9.17) is 0 Å². The lowest BCUT2D eigenvalue weighted by atomic mass is 10.1. The molecule has 84 valence electrons. The monoisotopic (exact) mass is 226 g/mol. The van der Waals surface area contributed by atoms with Crippen molar-refractivity contribution >= 4 is 17.2 Å². The van der Waals surface area contributed by atoms with Gasteiger partial charge in [0.1, 0.15) is 0 Å². The number of nitrogens with one attached hydrogen (secondary N) is 2. The summed E-state index contributed by atoms with van der Waals surface area (Å²) in [6, 6.07) is 4.03. The van der Waals surface area contributed by atoms with Crippen LogP contribution in [0.3, 0.4) is 0 Å². The first-order valence-electron chi connectivity index (χ1n) is 5.22. The Labute approximate surface area is 94.9 Å². The molecule has 0 spiro atoms. The number of thiophene rings is 1. The van der Waals surface area contributed by atoms with E-state index in [2.05, 4.69) is 10.6 Å². The van der Waals surface area contributed by atoms with Gasteiger partial charge in [0.25, 0.3) is 0 Å². The van der Waals surface area contributed by atoms with E-state index in [1.54, 1.807) is 11.3 Å². The first-order valence-corrected chi connectivity index (χ1v) is 6.10. The second-order valence-corrected chi connectivity index (χ2v) is 4.49. The van der Waals surface area contributed by atoms with Crippen LogP contribution in [0.15, 0.2) is 17.5 Å². The maximum absolute atomic E-state index is 11.7. The fourth-order valence-corrected chi connectivity index (χ4v) is 2.05. The van der Waals surface area contributed by atoms with Crippen molar-refractivity contribution in [2.75, 3.05) is 13.6 Å². The molecular formula is C11H18N2OS. The summed E-state index contributed by atoms with van der Waals surface area (Å²) in [5.74, 6) is 0.218. The second kappa shape index (κ2) is 6.58. The van der Waals surface area contributed by atoms with Gasteiger partial charge in [0.15, 0.2) is 0 Å². The third-order valence-electron chi connectivity index (χ3n) is 2.33. The third-order valence-corrected chi connectivity index (χ3v) is 3.21. The summed E-state index contributed by atoms with van der Waals surface area (Å²) in [7, 11) is 1.87. The number of amides is 1. The predicted molar refractivity (Wildman–Crippen MR) is 63.9 cm³/mol. The Morgan fingerprint density at radius 2 is 2.40 bits per heavy atom. The molecule has 1 atom stereocenters. The second-order valence-electron chi connectivity index (χ2n) is 3.46. The molecule has 1 heterocycles. The molecule has 3 nitrogen and oxygen atoms in total. The van der Waals surface area contributed by atoms with Gasteiger partial charge in [-0.3, -0.25) is 4.79 Å². The van der Waals surface area contributed by atoms with Gasteiger partial charge in [-0.2, -0.15) is 0 Å². The minimum absolute atomic E-state index is 0.0787. The summed E-state index contributed by atoms with van der Waals surface area (Å²) in [5, 5.41) is 8.01.